The molecule has 1 heterocycles. The van der Waals surface area contributed by atoms with Gasteiger partial charge in [0.1, 0.15) is 5.58 Å². The molecule has 0 aliphatic carbocycles. The summed E-state index contributed by atoms with van der Waals surface area (Å²) in [6, 6.07) is 21.1. The molecule has 0 unspecified atom stereocenters. The van der Waals surface area contributed by atoms with Crippen molar-refractivity contribution in [1.82, 2.24) is 0 Å². The van der Waals surface area contributed by atoms with Crippen molar-refractivity contribution in [3.63, 3.8) is 0 Å². The van der Waals surface area contributed by atoms with Crippen molar-refractivity contribution in [3.05, 3.63) is 105 Å². The molecule has 30 heavy (non-hydrogen) atoms. The first-order valence-corrected chi connectivity index (χ1v) is 9.83. The molecule has 0 saturated carbocycles. The molecule has 0 aliphatic heterocycles. The predicted molar refractivity (Wildman–Crippen MR) is 122 cm³/mol. The van der Waals surface area contributed by atoms with Crippen LogP contribution in [0.5, 0.6) is 0 Å². The van der Waals surface area contributed by atoms with Crippen LogP contribution < -0.4 is 10.9 Å². The second-order valence-corrected chi connectivity index (χ2v) is 7.40. The van der Waals surface area contributed by atoms with Gasteiger partial charge in [-0.1, -0.05) is 59.6 Å². The van der Waals surface area contributed by atoms with E-state index in [0.29, 0.717) is 32.4 Å². The molecule has 3 aromatic carbocycles. The van der Waals surface area contributed by atoms with Gasteiger partial charge < -0.3 is 9.73 Å². The molecule has 0 aliphatic rings. The summed E-state index contributed by atoms with van der Waals surface area (Å²) >= 11 is 12.2. The summed E-state index contributed by atoms with van der Waals surface area (Å²) in [6.45, 7) is 0. The highest BCUT2D eigenvalue weighted by atomic mass is 35.5. The van der Waals surface area contributed by atoms with Crippen LogP contribution in [0.3, 0.4) is 0 Å². The lowest BCUT2D eigenvalue weighted by molar-refractivity contribution is -0.111. The largest absolute Gasteiger partial charge is 0.422 e. The Hall–Kier alpha value is -3.34. The maximum Gasteiger partial charge on any atom is 0.344 e. The molecule has 0 atom stereocenters. The van der Waals surface area contributed by atoms with Crippen LogP contribution >= 0.6 is 23.2 Å². The van der Waals surface area contributed by atoms with Gasteiger partial charge in [-0.15, -0.1) is 0 Å². The van der Waals surface area contributed by atoms with Gasteiger partial charge in [0.05, 0.1) is 10.6 Å². The summed E-state index contributed by atoms with van der Waals surface area (Å²) in [6.07, 6.45) is 3.10. The smallest absolute Gasteiger partial charge is 0.344 e. The fourth-order valence-corrected chi connectivity index (χ4v) is 3.40. The minimum absolute atomic E-state index is 0.306. The molecule has 4 rings (SSSR count). The van der Waals surface area contributed by atoms with Gasteiger partial charge in [0.2, 0.25) is 5.91 Å². The molecular formula is C24H15Cl2NO3. The summed E-state index contributed by atoms with van der Waals surface area (Å²) in [5, 5.41) is 4.51. The van der Waals surface area contributed by atoms with E-state index in [1.165, 1.54) is 6.08 Å². The number of benzene rings is 3. The van der Waals surface area contributed by atoms with Crippen molar-refractivity contribution in [1.29, 1.82) is 0 Å². The molecule has 6 heteroatoms. The molecule has 4 aromatic rings. The van der Waals surface area contributed by atoms with E-state index >= 15 is 0 Å². The molecule has 1 amide bonds. The summed E-state index contributed by atoms with van der Waals surface area (Å²) in [4.78, 5) is 24.6. The summed E-state index contributed by atoms with van der Waals surface area (Å²) in [5.74, 6) is -0.306. The molecule has 0 fully saturated rings. The Labute approximate surface area is 182 Å². The summed E-state index contributed by atoms with van der Waals surface area (Å²) < 4.78 is 5.38. The highest BCUT2D eigenvalue weighted by Crippen LogP contribution is 2.30. The van der Waals surface area contributed by atoms with E-state index in [1.807, 2.05) is 24.3 Å². The van der Waals surface area contributed by atoms with E-state index in [0.717, 1.165) is 10.9 Å². The average molecular weight is 436 g/mol. The van der Waals surface area contributed by atoms with Crippen molar-refractivity contribution in [2.24, 2.45) is 0 Å². The Balaban J connectivity index is 1.55. The number of para-hydroxylation sites is 1. The molecule has 4 nitrogen and oxygen atoms in total. The van der Waals surface area contributed by atoms with Crippen LogP contribution in [0, 0.1) is 0 Å². The van der Waals surface area contributed by atoms with Crippen LogP contribution in [0.1, 0.15) is 5.56 Å². The number of carbonyl (C=O) groups is 1. The molecule has 0 radical (unpaired) electrons. The van der Waals surface area contributed by atoms with Crippen LogP contribution in [-0.2, 0) is 4.79 Å². The van der Waals surface area contributed by atoms with Crippen molar-refractivity contribution < 1.29 is 9.21 Å². The third kappa shape index (κ3) is 4.46. The number of anilines is 1. The Morgan fingerprint density at radius 3 is 2.43 bits per heavy atom. The zero-order valence-corrected chi connectivity index (χ0v) is 17.1. The first-order chi connectivity index (χ1) is 14.5. The molecular weight excluding hydrogens is 421 g/mol. The fraction of sp³-hybridized carbons (Fsp3) is 0. The second-order valence-electron chi connectivity index (χ2n) is 6.55. The topological polar surface area (TPSA) is 59.3 Å². The third-order valence-corrected chi connectivity index (χ3v) is 5.03. The van der Waals surface area contributed by atoms with Crippen LogP contribution in [0.25, 0.3) is 28.2 Å². The minimum Gasteiger partial charge on any atom is -0.422 e. The Kier molecular flexibility index (Phi) is 5.70. The van der Waals surface area contributed by atoms with Crippen molar-refractivity contribution in [2.45, 2.75) is 0 Å². The normalized spacial score (nSPS) is 11.1. The van der Waals surface area contributed by atoms with E-state index in [4.69, 9.17) is 27.6 Å². The maximum absolute atomic E-state index is 12.4. The predicted octanol–water partition coefficient (Wildman–Crippen LogP) is 6.42. The lowest BCUT2D eigenvalue weighted by Crippen LogP contribution is -2.08. The van der Waals surface area contributed by atoms with Gasteiger partial charge in [-0.2, -0.15) is 0 Å². The van der Waals surface area contributed by atoms with Crippen molar-refractivity contribution in [2.75, 3.05) is 5.32 Å². The molecule has 1 aromatic heterocycles. The van der Waals surface area contributed by atoms with E-state index in [1.54, 1.807) is 54.6 Å². The van der Waals surface area contributed by atoms with Crippen molar-refractivity contribution in [3.8, 4) is 11.1 Å². The zero-order chi connectivity index (χ0) is 21.1. The molecule has 0 saturated heterocycles. The quantitative estimate of drug-likeness (QED) is 0.297. The van der Waals surface area contributed by atoms with Gasteiger partial charge in [0.15, 0.2) is 0 Å². The van der Waals surface area contributed by atoms with E-state index in [9.17, 15) is 9.59 Å². The summed E-state index contributed by atoms with van der Waals surface area (Å²) in [5.41, 5.74) is 2.30. The van der Waals surface area contributed by atoms with Gasteiger partial charge in [0, 0.05) is 27.7 Å². The zero-order valence-electron chi connectivity index (χ0n) is 15.6. The number of hydrogen-bond acceptors (Lipinski definition) is 3. The highest BCUT2D eigenvalue weighted by Gasteiger charge is 2.12. The average Bonchev–Trinajstić information content (AvgIpc) is 2.73. The second kappa shape index (κ2) is 8.57. The first kappa shape index (κ1) is 20.0. The number of carbonyl (C=O) groups excluding carboxylic acids is 1. The Morgan fingerprint density at radius 2 is 1.67 bits per heavy atom. The Bertz CT molecular complexity index is 1320. The van der Waals surface area contributed by atoms with Gasteiger partial charge >= 0.3 is 5.63 Å². The molecule has 0 spiro atoms. The van der Waals surface area contributed by atoms with Gasteiger partial charge in [-0.05, 0) is 48.0 Å². The SMILES string of the molecule is O=C(/C=C/c1ccc(Cl)cc1)Nc1ccc(-c2cc3ccccc3oc2=O)c(Cl)c1. The molecule has 0 bridgehead atoms. The van der Waals surface area contributed by atoms with E-state index in [-0.39, 0.29) is 5.91 Å². The maximum atomic E-state index is 12.4. The number of hydrogen-bond donors (Lipinski definition) is 1. The van der Waals surface area contributed by atoms with Gasteiger partial charge in [-0.3, -0.25) is 4.79 Å². The fourth-order valence-electron chi connectivity index (χ4n) is 2.99. The molecule has 1 N–H and O–H groups in total. The highest BCUT2D eigenvalue weighted by molar-refractivity contribution is 6.33. The third-order valence-electron chi connectivity index (χ3n) is 4.47. The standard InChI is InChI=1S/C24H15Cl2NO3/c25-17-8-5-15(6-9-17)7-12-23(28)27-18-10-11-19(21(26)14-18)20-13-16-3-1-2-4-22(16)30-24(20)29/h1-14H,(H,27,28)/b12-7+. The van der Waals surface area contributed by atoms with E-state index < -0.39 is 5.63 Å². The Morgan fingerprint density at radius 1 is 0.900 bits per heavy atom. The molecule has 148 valence electrons. The number of fused-ring (bicyclic) bond motifs is 1. The van der Waals surface area contributed by atoms with Crippen LogP contribution in [0.2, 0.25) is 10.0 Å². The van der Waals surface area contributed by atoms with Gasteiger partial charge in [-0.25, -0.2) is 4.79 Å². The summed E-state index contributed by atoms with van der Waals surface area (Å²) in [7, 11) is 0. The first-order valence-electron chi connectivity index (χ1n) is 9.07. The van der Waals surface area contributed by atoms with Crippen LogP contribution in [-0.4, -0.2) is 5.91 Å². The van der Waals surface area contributed by atoms with Crippen molar-refractivity contribution >= 4 is 51.8 Å². The number of halogens is 2. The monoisotopic (exact) mass is 435 g/mol. The lowest BCUT2D eigenvalue weighted by atomic mass is 10.1. The van der Waals surface area contributed by atoms with E-state index in [2.05, 4.69) is 5.32 Å². The number of rotatable bonds is 4. The lowest BCUT2D eigenvalue weighted by Gasteiger charge is -2.08. The number of nitrogens with one attached hydrogen (secondary N) is 1. The van der Waals surface area contributed by atoms with Crippen LogP contribution in [0.15, 0.2) is 88.1 Å². The number of amides is 1. The van der Waals surface area contributed by atoms with Gasteiger partial charge in [0.25, 0.3) is 0 Å². The van der Waals surface area contributed by atoms with Crippen LogP contribution in [0.4, 0.5) is 5.69 Å². The minimum atomic E-state index is -0.474.